The van der Waals surface area contributed by atoms with Gasteiger partial charge in [-0.25, -0.2) is 4.98 Å². The Hall–Kier alpha value is -3.05. The lowest BCUT2D eigenvalue weighted by Gasteiger charge is -2.28. The summed E-state index contributed by atoms with van der Waals surface area (Å²) in [6.45, 7) is 4.17. The van der Waals surface area contributed by atoms with Gasteiger partial charge in [-0.3, -0.25) is 24.7 Å². The second-order valence-electron chi connectivity index (χ2n) is 7.46. The van der Waals surface area contributed by atoms with E-state index in [-0.39, 0.29) is 24.0 Å². The fourth-order valence-corrected chi connectivity index (χ4v) is 4.53. The minimum atomic E-state index is -0.455. The van der Waals surface area contributed by atoms with Crippen LogP contribution in [0.25, 0.3) is 16.3 Å². The van der Waals surface area contributed by atoms with Crippen molar-refractivity contribution >= 4 is 56.8 Å². The van der Waals surface area contributed by atoms with Crippen LogP contribution >= 0.6 is 23.7 Å². The molecule has 0 aliphatic carbocycles. The number of carbonyl (C=O) groups is 1. The Morgan fingerprint density at radius 3 is 2.82 bits per heavy atom. The Morgan fingerprint density at radius 1 is 1.29 bits per heavy atom. The topological polar surface area (TPSA) is 98.0 Å². The molecule has 0 bridgehead atoms. The number of hydrogen-bond donors (Lipinski definition) is 0. The van der Waals surface area contributed by atoms with Gasteiger partial charge in [-0.2, -0.15) is 0 Å². The summed E-state index contributed by atoms with van der Waals surface area (Å²) in [5.41, 5.74) is 1.36. The van der Waals surface area contributed by atoms with Gasteiger partial charge < -0.3 is 9.47 Å². The van der Waals surface area contributed by atoms with Crippen molar-refractivity contribution in [3.05, 3.63) is 64.2 Å². The second-order valence-corrected chi connectivity index (χ2v) is 8.47. The maximum atomic E-state index is 13.2. The van der Waals surface area contributed by atoms with E-state index in [1.807, 2.05) is 18.2 Å². The van der Waals surface area contributed by atoms with E-state index in [4.69, 9.17) is 9.47 Å². The Balaban J connectivity index is 0.00000324. The molecule has 0 unspecified atom stereocenters. The van der Waals surface area contributed by atoms with Gasteiger partial charge in [0.05, 0.1) is 35.5 Å². The van der Waals surface area contributed by atoms with Gasteiger partial charge in [0.15, 0.2) is 5.13 Å². The van der Waals surface area contributed by atoms with Crippen LogP contribution in [0, 0.1) is 10.1 Å². The van der Waals surface area contributed by atoms with Crippen LogP contribution in [0.4, 0.5) is 10.8 Å². The number of nitro benzene ring substituents is 1. The van der Waals surface area contributed by atoms with Gasteiger partial charge in [0.1, 0.15) is 5.75 Å². The molecule has 11 heteroatoms. The standard InChI is InChI=1S/C23H24N4O5S.ClH/c1-31-19-6-7-20-21(16-19)33-23(24-20)26(10-9-25-11-13-32-14-12-25)22(28)8-5-17-3-2-4-18(15-17)27(29)30;/h2-8,15-16H,9-14H2,1H3;1H/b8-5+;. The first-order chi connectivity index (χ1) is 16.0. The highest BCUT2D eigenvalue weighted by Crippen LogP contribution is 2.31. The van der Waals surface area contributed by atoms with Crippen LogP contribution in [0.1, 0.15) is 5.56 Å². The Bertz CT molecular complexity index is 1180. The number of anilines is 1. The molecule has 1 aliphatic heterocycles. The van der Waals surface area contributed by atoms with E-state index in [0.717, 1.165) is 29.1 Å². The summed E-state index contributed by atoms with van der Waals surface area (Å²) in [7, 11) is 1.61. The fraction of sp³-hybridized carbons (Fsp3) is 0.304. The largest absolute Gasteiger partial charge is 0.497 e. The molecule has 180 valence electrons. The molecule has 1 amide bonds. The van der Waals surface area contributed by atoms with Gasteiger partial charge >= 0.3 is 0 Å². The van der Waals surface area contributed by atoms with Gasteiger partial charge in [-0.05, 0) is 29.8 Å². The lowest BCUT2D eigenvalue weighted by molar-refractivity contribution is -0.384. The van der Waals surface area contributed by atoms with Crippen molar-refractivity contribution in [3.63, 3.8) is 0 Å². The number of hydrogen-bond acceptors (Lipinski definition) is 8. The zero-order valence-electron chi connectivity index (χ0n) is 18.6. The van der Waals surface area contributed by atoms with Gasteiger partial charge in [0.2, 0.25) is 0 Å². The zero-order valence-corrected chi connectivity index (χ0v) is 20.2. The predicted molar refractivity (Wildman–Crippen MR) is 135 cm³/mol. The first kappa shape index (κ1) is 25.6. The Labute approximate surface area is 207 Å². The molecule has 1 aliphatic rings. The maximum Gasteiger partial charge on any atom is 0.270 e. The number of aromatic nitrogens is 1. The summed E-state index contributed by atoms with van der Waals surface area (Å²) in [5.74, 6) is 0.496. The number of nitrogens with zero attached hydrogens (tertiary/aromatic N) is 4. The maximum absolute atomic E-state index is 13.2. The van der Waals surface area contributed by atoms with E-state index in [1.54, 1.807) is 30.2 Å². The van der Waals surface area contributed by atoms with Crippen LogP contribution in [0.5, 0.6) is 5.75 Å². The van der Waals surface area contributed by atoms with Crippen LogP contribution < -0.4 is 9.64 Å². The number of fused-ring (bicyclic) bond motifs is 1. The van der Waals surface area contributed by atoms with Gasteiger partial charge in [0.25, 0.3) is 11.6 Å². The van der Waals surface area contributed by atoms with Crippen molar-refractivity contribution in [1.29, 1.82) is 0 Å². The van der Waals surface area contributed by atoms with E-state index in [0.29, 0.717) is 37.0 Å². The van der Waals surface area contributed by atoms with Crippen molar-refractivity contribution < 1.29 is 19.2 Å². The minimum Gasteiger partial charge on any atom is -0.497 e. The summed E-state index contributed by atoms with van der Waals surface area (Å²) in [5, 5.41) is 11.6. The van der Waals surface area contributed by atoms with Crippen molar-refractivity contribution in [2.24, 2.45) is 0 Å². The first-order valence-electron chi connectivity index (χ1n) is 10.5. The zero-order chi connectivity index (χ0) is 23.2. The fourth-order valence-electron chi connectivity index (χ4n) is 3.50. The molecule has 0 atom stereocenters. The van der Waals surface area contributed by atoms with E-state index in [2.05, 4.69) is 9.88 Å². The highest BCUT2D eigenvalue weighted by Gasteiger charge is 2.20. The number of non-ortho nitro benzene ring substituents is 1. The molecule has 3 aromatic rings. The van der Waals surface area contributed by atoms with E-state index >= 15 is 0 Å². The highest BCUT2D eigenvalue weighted by molar-refractivity contribution is 7.22. The summed E-state index contributed by atoms with van der Waals surface area (Å²) in [6.07, 6.45) is 3.03. The summed E-state index contributed by atoms with van der Waals surface area (Å²) < 4.78 is 11.6. The third kappa shape index (κ3) is 6.29. The van der Waals surface area contributed by atoms with Crippen LogP contribution in [-0.2, 0) is 9.53 Å². The van der Waals surface area contributed by atoms with E-state index in [9.17, 15) is 14.9 Å². The van der Waals surface area contributed by atoms with Crippen LogP contribution in [0.2, 0.25) is 0 Å². The normalized spacial score (nSPS) is 14.1. The number of carbonyl (C=O) groups excluding carboxylic acids is 1. The number of benzene rings is 2. The van der Waals surface area contributed by atoms with Crippen LogP contribution in [-0.4, -0.2) is 67.2 Å². The molecule has 34 heavy (non-hydrogen) atoms. The number of amides is 1. The average molecular weight is 505 g/mol. The van der Waals surface area contributed by atoms with Crippen molar-refractivity contribution in [1.82, 2.24) is 9.88 Å². The lowest BCUT2D eigenvalue weighted by atomic mass is 10.2. The predicted octanol–water partition coefficient (Wildman–Crippen LogP) is 4.01. The molecular weight excluding hydrogens is 480 g/mol. The van der Waals surface area contributed by atoms with Gasteiger partial charge in [-0.1, -0.05) is 23.5 Å². The van der Waals surface area contributed by atoms with Crippen molar-refractivity contribution in [3.8, 4) is 5.75 Å². The molecule has 4 rings (SSSR count). The SMILES string of the molecule is COc1ccc2nc(N(CCN3CCOCC3)C(=O)/C=C/c3cccc([N+](=O)[O-])c3)sc2c1.Cl. The lowest BCUT2D eigenvalue weighted by Crippen LogP contribution is -2.42. The molecule has 1 fully saturated rings. The minimum absolute atomic E-state index is 0. The van der Waals surface area contributed by atoms with Crippen molar-refractivity contribution in [2.45, 2.75) is 0 Å². The Kier molecular flexibility index (Phi) is 8.94. The first-order valence-corrected chi connectivity index (χ1v) is 11.3. The van der Waals surface area contributed by atoms with Crippen LogP contribution in [0.15, 0.2) is 48.5 Å². The number of thiazole rings is 1. The Morgan fingerprint density at radius 2 is 2.09 bits per heavy atom. The van der Waals surface area contributed by atoms with Crippen LogP contribution in [0.3, 0.4) is 0 Å². The third-order valence-electron chi connectivity index (χ3n) is 5.32. The summed E-state index contributed by atoms with van der Waals surface area (Å²) >= 11 is 1.43. The van der Waals surface area contributed by atoms with Gasteiger partial charge in [0, 0.05) is 44.4 Å². The number of ether oxygens (including phenoxy) is 2. The molecule has 2 aromatic carbocycles. The van der Waals surface area contributed by atoms with Gasteiger partial charge in [-0.15, -0.1) is 12.4 Å². The smallest absolute Gasteiger partial charge is 0.270 e. The molecule has 0 spiro atoms. The quantitative estimate of drug-likeness (QED) is 0.259. The van der Waals surface area contributed by atoms with E-state index < -0.39 is 4.92 Å². The van der Waals surface area contributed by atoms with E-state index in [1.165, 1.54) is 29.5 Å². The number of halogens is 1. The average Bonchev–Trinajstić information content (AvgIpc) is 3.26. The second kappa shape index (κ2) is 11.9. The monoisotopic (exact) mass is 504 g/mol. The molecule has 0 radical (unpaired) electrons. The molecule has 0 N–H and O–H groups in total. The van der Waals surface area contributed by atoms with Crippen molar-refractivity contribution in [2.75, 3.05) is 51.4 Å². The number of morpholine rings is 1. The molecule has 2 heterocycles. The molecule has 9 nitrogen and oxygen atoms in total. The molecule has 0 saturated carbocycles. The number of rotatable bonds is 8. The highest BCUT2D eigenvalue weighted by atomic mass is 35.5. The number of nitro groups is 1. The summed E-state index contributed by atoms with van der Waals surface area (Å²) in [6, 6.07) is 11.8. The molecule has 1 saturated heterocycles. The number of methoxy groups -OCH3 is 1. The molecular formula is C23H25ClN4O5S. The third-order valence-corrected chi connectivity index (χ3v) is 6.37. The summed E-state index contributed by atoms with van der Waals surface area (Å²) in [4.78, 5) is 32.4. The molecule has 1 aromatic heterocycles.